The first kappa shape index (κ1) is 17.8. The van der Waals surface area contributed by atoms with Crippen molar-refractivity contribution in [1.82, 2.24) is 0 Å². The molecule has 2 aromatic rings. The second-order valence-electron chi connectivity index (χ2n) is 4.64. The van der Waals surface area contributed by atoms with E-state index in [1.807, 2.05) is 0 Å². The zero-order valence-corrected chi connectivity index (χ0v) is 14.0. The van der Waals surface area contributed by atoms with Gasteiger partial charge in [0, 0.05) is 34.5 Å². The van der Waals surface area contributed by atoms with Gasteiger partial charge in [-0.1, -0.05) is 29.3 Å². The molecule has 2 rings (SSSR count). The summed E-state index contributed by atoms with van der Waals surface area (Å²) >= 11 is 12.0. The molecule has 0 saturated heterocycles. The van der Waals surface area contributed by atoms with Crippen LogP contribution in [0.25, 0.3) is 6.08 Å². The Bertz CT molecular complexity index is 822. The number of hydrogen-bond donors (Lipinski definition) is 1. The van der Waals surface area contributed by atoms with Crippen LogP contribution in [0.15, 0.2) is 42.5 Å². The van der Waals surface area contributed by atoms with Crippen LogP contribution >= 0.6 is 23.2 Å². The summed E-state index contributed by atoms with van der Waals surface area (Å²) in [5.41, 5.74) is 0.735. The summed E-state index contributed by atoms with van der Waals surface area (Å²) in [5, 5.41) is 14.0. The zero-order valence-electron chi connectivity index (χ0n) is 12.5. The van der Waals surface area contributed by atoms with Gasteiger partial charge in [-0.15, -0.1) is 0 Å². The Hall–Kier alpha value is -2.57. The molecule has 0 bridgehead atoms. The van der Waals surface area contributed by atoms with E-state index in [2.05, 4.69) is 5.32 Å². The van der Waals surface area contributed by atoms with Gasteiger partial charge in [0.1, 0.15) is 5.75 Å². The van der Waals surface area contributed by atoms with E-state index in [1.165, 1.54) is 43.5 Å². The second kappa shape index (κ2) is 7.81. The van der Waals surface area contributed by atoms with Crippen molar-refractivity contribution >= 4 is 46.6 Å². The van der Waals surface area contributed by atoms with Crippen molar-refractivity contribution in [3.63, 3.8) is 0 Å². The highest BCUT2D eigenvalue weighted by molar-refractivity contribution is 6.36. The molecule has 0 spiro atoms. The van der Waals surface area contributed by atoms with Gasteiger partial charge in [-0.05, 0) is 24.3 Å². The zero-order chi connectivity index (χ0) is 17.7. The summed E-state index contributed by atoms with van der Waals surface area (Å²) in [5.74, 6) is -0.0749. The highest BCUT2D eigenvalue weighted by atomic mass is 35.5. The number of non-ortho nitro benzene ring substituents is 1. The Balaban J connectivity index is 2.17. The van der Waals surface area contributed by atoms with E-state index in [0.29, 0.717) is 27.0 Å². The molecular formula is C16H12Cl2N2O4. The predicted octanol–water partition coefficient (Wildman–Crippen LogP) is 4.56. The van der Waals surface area contributed by atoms with Gasteiger partial charge in [0.05, 0.1) is 17.1 Å². The number of halogens is 2. The number of nitro benzene ring substituents is 1. The molecule has 0 unspecified atom stereocenters. The summed E-state index contributed by atoms with van der Waals surface area (Å²) in [6, 6.07) is 8.77. The molecule has 8 heteroatoms. The number of benzene rings is 2. The fourth-order valence-corrected chi connectivity index (χ4v) is 2.55. The molecule has 1 N–H and O–H groups in total. The number of carbonyl (C=O) groups is 1. The lowest BCUT2D eigenvalue weighted by atomic mass is 10.2. The fraction of sp³-hybridized carbons (Fsp3) is 0.0625. The number of amides is 1. The summed E-state index contributed by atoms with van der Waals surface area (Å²) in [6.45, 7) is 0. The minimum atomic E-state index is -0.537. The number of ether oxygens (including phenoxy) is 1. The maximum Gasteiger partial charge on any atom is 0.271 e. The van der Waals surface area contributed by atoms with Crippen LogP contribution < -0.4 is 10.1 Å². The van der Waals surface area contributed by atoms with E-state index in [0.717, 1.165) is 0 Å². The van der Waals surface area contributed by atoms with E-state index < -0.39 is 10.8 Å². The number of nitro groups is 1. The van der Waals surface area contributed by atoms with Crippen LogP contribution in [0.3, 0.4) is 0 Å². The fourth-order valence-electron chi connectivity index (χ4n) is 1.97. The molecule has 0 radical (unpaired) electrons. The average molecular weight is 367 g/mol. The van der Waals surface area contributed by atoms with E-state index in [-0.39, 0.29) is 5.69 Å². The second-order valence-corrected chi connectivity index (χ2v) is 5.48. The van der Waals surface area contributed by atoms with Crippen LogP contribution in [0, 0.1) is 10.1 Å². The Morgan fingerprint density at radius 3 is 2.71 bits per heavy atom. The van der Waals surface area contributed by atoms with E-state index >= 15 is 0 Å². The Kier molecular flexibility index (Phi) is 5.78. The van der Waals surface area contributed by atoms with Crippen LogP contribution in [-0.2, 0) is 4.79 Å². The van der Waals surface area contributed by atoms with Crippen molar-refractivity contribution in [2.24, 2.45) is 0 Å². The highest BCUT2D eigenvalue weighted by Crippen LogP contribution is 2.33. The molecule has 0 aromatic heterocycles. The minimum absolute atomic E-state index is 0.111. The summed E-state index contributed by atoms with van der Waals surface area (Å²) in [6.07, 6.45) is 2.74. The number of hydrogen-bond acceptors (Lipinski definition) is 4. The molecule has 0 heterocycles. The van der Waals surface area contributed by atoms with Crippen molar-refractivity contribution in [2.45, 2.75) is 0 Å². The molecular weight excluding hydrogens is 355 g/mol. The molecule has 24 heavy (non-hydrogen) atoms. The summed E-state index contributed by atoms with van der Waals surface area (Å²) < 4.78 is 5.18. The Morgan fingerprint density at radius 1 is 1.29 bits per heavy atom. The molecule has 0 fully saturated rings. The SMILES string of the molecule is COc1c(Cl)cc(Cl)cc1C=CC(=O)Nc1cccc([N+](=O)[O-])c1. The smallest absolute Gasteiger partial charge is 0.271 e. The first-order chi connectivity index (χ1) is 11.4. The van der Waals surface area contributed by atoms with Crippen LogP contribution in [0.5, 0.6) is 5.75 Å². The van der Waals surface area contributed by atoms with Crippen LogP contribution in [0.4, 0.5) is 11.4 Å². The Morgan fingerprint density at radius 2 is 2.04 bits per heavy atom. The molecule has 0 saturated carbocycles. The normalized spacial score (nSPS) is 10.6. The van der Waals surface area contributed by atoms with Gasteiger partial charge in [-0.3, -0.25) is 14.9 Å². The maximum absolute atomic E-state index is 12.0. The lowest BCUT2D eigenvalue weighted by molar-refractivity contribution is -0.384. The van der Waals surface area contributed by atoms with Crippen LogP contribution in [-0.4, -0.2) is 17.9 Å². The molecule has 2 aromatic carbocycles. The van der Waals surface area contributed by atoms with Crippen molar-refractivity contribution in [3.05, 3.63) is 68.2 Å². The quantitative estimate of drug-likeness (QED) is 0.477. The standard InChI is InChI=1S/C16H12Cl2N2O4/c1-24-16-10(7-11(17)8-14(16)18)5-6-15(21)19-12-3-2-4-13(9-12)20(22)23/h2-9H,1H3,(H,19,21). The van der Waals surface area contributed by atoms with Crippen molar-refractivity contribution in [1.29, 1.82) is 0 Å². The first-order valence-electron chi connectivity index (χ1n) is 6.67. The van der Waals surface area contributed by atoms with Crippen LogP contribution in [0.2, 0.25) is 10.0 Å². The van der Waals surface area contributed by atoms with Crippen molar-refractivity contribution in [2.75, 3.05) is 12.4 Å². The molecule has 124 valence electrons. The minimum Gasteiger partial charge on any atom is -0.495 e. The number of nitrogens with one attached hydrogen (secondary N) is 1. The van der Waals surface area contributed by atoms with Gasteiger partial charge in [-0.25, -0.2) is 0 Å². The topological polar surface area (TPSA) is 81.5 Å². The van der Waals surface area contributed by atoms with Gasteiger partial charge >= 0.3 is 0 Å². The van der Waals surface area contributed by atoms with Gasteiger partial charge < -0.3 is 10.1 Å². The largest absolute Gasteiger partial charge is 0.495 e. The number of anilines is 1. The van der Waals surface area contributed by atoms with Gasteiger partial charge in [-0.2, -0.15) is 0 Å². The lowest BCUT2D eigenvalue weighted by Crippen LogP contribution is -2.07. The number of methoxy groups -OCH3 is 1. The molecule has 6 nitrogen and oxygen atoms in total. The average Bonchev–Trinajstić information content (AvgIpc) is 2.52. The maximum atomic E-state index is 12.0. The van der Waals surface area contributed by atoms with Gasteiger partial charge in [0.2, 0.25) is 5.91 Å². The number of carbonyl (C=O) groups excluding carboxylic acids is 1. The third-order valence-corrected chi connectivity index (χ3v) is 3.48. The number of rotatable bonds is 5. The van der Waals surface area contributed by atoms with Crippen LogP contribution in [0.1, 0.15) is 5.56 Å². The third-order valence-electron chi connectivity index (χ3n) is 2.98. The summed E-state index contributed by atoms with van der Waals surface area (Å²) in [7, 11) is 1.45. The monoisotopic (exact) mass is 366 g/mol. The van der Waals surface area contributed by atoms with E-state index in [1.54, 1.807) is 12.1 Å². The Labute approximate surface area is 147 Å². The van der Waals surface area contributed by atoms with E-state index in [4.69, 9.17) is 27.9 Å². The molecule has 1 amide bonds. The third kappa shape index (κ3) is 4.47. The summed E-state index contributed by atoms with van der Waals surface area (Å²) in [4.78, 5) is 22.1. The predicted molar refractivity (Wildman–Crippen MR) is 93.8 cm³/mol. The molecule has 0 aliphatic carbocycles. The molecule has 0 aliphatic rings. The highest BCUT2D eigenvalue weighted by Gasteiger charge is 2.09. The van der Waals surface area contributed by atoms with Gasteiger partial charge in [0.15, 0.2) is 0 Å². The number of nitrogens with zero attached hydrogens (tertiary/aromatic N) is 1. The van der Waals surface area contributed by atoms with Gasteiger partial charge in [0.25, 0.3) is 5.69 Å². The molecule has 0 aliphatic heterocycles. The van der Waals surface area contributed by atoms with E-state index in [9.17, 15) is 14.9 Å². The molecule has 0 atom stereocenters. The van der Waals surface area contributed by atoms with Crippen molar-refractivity contribution < 1.29 is 14.5 Å². The van der Waals surface area contributed by atoms with Crippen molar-refractivity contribution in [3.8, 4) is 5.75 Å². The lowest BCUT2D eigenvalue weighted by Gasteiger charge is -2.08. The first-order valence-corrected chi connectivity index (χ1v) is 7.43.